The number of fused-ring (bicyclic) bond motifs is 1. The van der Waals surface area contributed by atoms with Gasteiger partial charge in [-0.2, -0.15) is 5.26 Å². The molecule has 22 heavy (non-hydrogen) atoms. The molecule has 1 N–H and O–H groups in total. The zero-order valence-corrected chi connectivity index (χ0v) is 11.8. The molecule has 110 valence electrons. The monoisotopic (exact) mass is 294 g/mol. The highest BCUT2D eigenvalue weighted by atomic mass is 16.6. The number of amides is 1. The van der Waals surface area contributed by atoms with Crippen LogP contribution in [0.3, 0.4) is 0 Å². The molecule has 0 fully saturated rings. The first kappa shape index (κ1) is 14.0. The summed E-state index contributed by atoms with van der Waals surface area (Å²) in [6.45, 7) is 0.722. The molecule has 1 heterocycles. The highest BCUT2D eigenvalue weighted by Gasteiger charge is 2.21. The van der Waals surface area contributed by atoms with E-state index in [9.17, 15) is 4.79 Å². The lowest BCUT2D eigenvalue weighted by atomic mass is 10.1. The maximum atomic E-state index is 12.1. The van der Waals surface area contributed by atoms with E-state index in [0.717, 1.165) is 0 Å². The van der Waals surface area contributed by atoms with Crippen LogP contribution in [0.15, 0.2) is 48.5 Å². The van der Waals surface area contributed by atoms with Crippen molar-refractivity contribution in [3.8, 4) is 17.6 Å². The van der Waals surface area contributed by atoms with Gasteiger partial charge in [-0.25, -0.2) is 0 Å². The zero-order valence-electron chi connectivity index (χ0n) is 11.8. The maximum absolute atomic E-state index is 12.1. The molecule has 0 unspecified atom stereocenters. The standard InChI is InChI=1S/C17H14N2O3/c18-9-12-4-3-5-13(8-12)17(20)19-10-14-11-21-15-6-1-2-7-16(15)22-14/h1-8,14H,10-11H2,(H,19,20)/t14-/m0/s1. The van der Waals surface area contributed by atoms with Crippen LogP contribution in [0.4, 0.5) is 0 Å². The molecule has 1 aliphatic heterocycles. The van der Waals surface area contributed by atoms with Crippen molar-refractivity contribution in [3.63, 3.8) is 0 Å². The van der Waals surface area contributed by atoms with Gasteiger partial charge in [-0.15, -0.1) is 0 Å². The molecule has 3 rings (SSSR count). The van der Waals surface area contributed by atoms with Gasteiger partial charge in [0.25, 0.3) is 5.91 Å². The first-order valence-corrected chi connectivity index (χ1v) is 6.93. The van der Waals surface area contributed by atoms with Gasteiger partial charge in [-0.1, -0.05) is 18.2 Å². The number of nitrogens with one attached hydrogen (secondary N) is 1. The average molecular weight is 294 g/mol. The van der Waals surface area contributed by atoms with Crippen molar-refractivity contribution >= 4 is 5.91 Å². The Hall–Kier alpha value is -3.00. The van der Waals surface area contributed by atoms with E-state index >= 15 is 0 Å². The molecule has 0 aliphatic carbocycles. The van der Waals surface area contributed by atoms with Gasteiger partial charge in [0, 0.05) is 5.56 Å². The molecule has 2 aromatic rings. The molecule has 0 aromatic heterocycles. The first-order chi connectivity index (χ1) is 10.8. The third kappa shape index (κ3) is 3.01. The molecular formula is C17H14N2O3. The molecule has 1 amide bonds. The van der Waals surface area contributed by atoms with Crippen molar-refractivity contribution in [1.29, 1.82) is 5.26 Å². The Morgan fingerprint density at radius 1 is 1.23 bits per heavy atom. The summed E-state index contributed by atoms with van der Waals surface area (Å²) in [5, 5.41) is 11.6. The van der Waals surface area contributed by atoms with Gasteiger partial charge in [-0.3, -0.25) is 4.79 Å². The van der Waals surface area contributed by atoms with Crippen molar-refractivity contribution in [1.82, 2.24) is 5.32 Å². The molecule has 0 bridgehead atoms. The van der Waals surface area contributed by atoms with Crippen LogP contribution in [0.5, 0.6) is 11.5 Å². The molecule has 1 atom stereocenters. The third-order valence-electron chi connectivity index (χ3n) is 3.31. The number of carbonyl (C=O) groups is 1. The second-order valence-electron chi connectivity index (χ2n) is 4.90. The molecule has 5 heteroatoms. The molecular weight excluding hydrogens is 280 g/mol. The fraction of sp³-hybridized carbons (Fsp3) is 0.176. The highest BCUT2D eigenvalue weighted by Crippen LogP contribution is 2.30. The first-order valence-electron chi connectivity index (χ1n) is 6.93. The van der Waals surface area contributed by atoms with E-state index in [4.69, 9.17) is 14.7 Å². The van der Waals surface area contributed by atoms with Crippen molar-refractivity contribution in [2.24, 2.45) is 0 Å². The third-order valence-corrected chi connectivity index (χ3v) is 3.31. The van der Waals surface area contributed by atoms with Crippen LogP contribution in [0.2, 0.25) is 0 Å². The highest BCUT2D eigenvalue weighted by molar-refractivity contribution is 5.94. The second kappa shape index (κ2) is 6.19. The van der Waals surface area contributed by atoms with E-state index < -0.39 is 0 Å². The molecule has 0 saturated heterocycles. The summed E-state index contributed by atoms with van der Waals surface area (Å²) in [6.07, 6.45) is -0.238. The molecule has 1 aliphatic rings. The number of nitriles is 1. The van der Waals surface area contributed by atoms with E-state index in [1.165, 1.54) is 0 Å². The largest absolute Gasteiger partial charge is 0.486 e. The number of nitrogens with zero attached hydrogens (tertiary/aromatic N) is 1. The molecule has 2 aromatic carbocycles. The lowest BCUT2D eigenvalue weighted by Crippen LogP contribution is -2.40. The van der Waals surface area contributed by atoms with Gasteiger partial charge in [0.2, 0.25) is 0 Å². The summed E-state index contributed by atoms with van der Waals surface area (Å²) in [5.74, 6) is 1.16. The fourth-order valence-electron chi connectivity index (χ4n) is 2.20. The summed E-state index contributed by atoms with van der Waals surface area (Å²) < 4.78 is 11.4. The predicted molar refractivity (Wildman–Crippen MR) is 79.8 cm³/mol. The van der Waals surface area contributed by atoms with Gasteiger partial charge >= 0.3 is 0 Å². The van der Waals surface area contributed by atoms with E-state index in [0.29, 0.717) is 35.8 Å². The van der Waals surface area contributed by atoms with Gasteiger partial charge in [0.05, 0.1) is 18.2 Å². The Labute approximate surface area is 128 Å². The number of carbonyl (C=O) groups excluding carboxylic acids is 1. The summed E-state index contributed by atoms with van der Waals surface area (Å²) in [4.78, 5) is 12.1. The van der Waals surface area contributed by atoms with Crippen LogP contribution in [-0.4, -0.2) is 25.2 Å². The summed E-state index contributed by atoms with van der Waals surface area (Å²) in [6, 6.07) is 16.0. The quantitative estimate of drug-likeness (QED) is 0.941. The van der Waals surface area contributed by atoms with Gasteiger partial charge in [0.1, 0.15) is 12.7 Å². The number of rotatable bonds is 3. The van der Waals surface area contributed by atoms with Crippen molar-refractivity contribution in [3.05, 3.63) is 59.7 Å². The fourth-order valence-corrected chi connectivity index (χ4v) is 2.20. The number of para-hydroxylation sites is 2. The Bertz CT molecular complexity index is 737. The van der Waals surface area contributed by atoms with E-state index in [1.54, 1.807) is 24.3 Å². The van der Waals surface area contributed by atoms with Gasteiger partial charge in [0.15, 0.2) is 11.5 Å². The number of hydrogen-bond acceptors (Lipinski definition) is 4. The second-order valence-corrected chi connectivity index (χ2v) is 4.90. The topological polar surface area (TPSA) is 71.4 Å². The Morgan fingerprint density at radius 2 is 2.05 bits per heavy atom. The summed E-state index contributed by atoms with van der Waals surface area (Å²) in [7, 11) is 0. The van der Waals surface area contributed by atoms with Crippen LogP contribution in [0.25, 0.3) is 0 Å². The van der Waals surface area contributed by atoms with Crippen LogP contribution in [0.1, 0.15) is 15.9 Å². The number of benzene rings is 2. The maximum Gasteiger partial charge on any atom is 0.251 e. The average Bonchev–Trinajstić information content (AvgIpc) is 2.59. The molecule has 0 saturated carbocycles. The minimum atomic E-state index is -0.238. The summed E-state index contributed by atoms with van der Waals surface area (Å²) >= 11 is 0. The Balaban J connectivity index is 1.59. The molecule has 0 radical (unpaired) electrons. The van der Waals surface area contributed by atoms with Gasteiger partial charge < -0.3 is 14.8 Å². The van der Waals surface area contributed by atoms with Crippen LogP contribution >= 0.6 is 0 Å². The smallest absolute Gasteiger partial charge is 0.251 e. The van der Waals surface area contributed by atoms with Crippen LogP contribution < -0.4 is 14.8 Å². The van der Waals surface area contributed by atoms with E-state index in [-0.39, 0.29) is 12.0 Å². The molecule has 0 spiro atoms. The minimum absolute atomic E-state index is 0.237. The zero-order chi connectivity index (χ0) is 15.4. The number of ether oxygens (including phenoxy) is 2. The van der Waals surface area contributed by atoms with E-state index in [2.05, 4.69) is 5.32 Å². The van der Waals surface area contributed by atoms with Gasteiger partial charge in [-0.05, 0) is 30.3 Å². The van der Waals surface area contributed by atoms with Crippen molar-refractivity contribution in [2.75, 3.05) is 13.2 Å². The Morgan fingerprint density at radius 3 is 2.86 bits per heavy atom. The van der Waals surface area contributed by atoms with Crippen molar-refractivity contribution < 1.29 is 14.3 Å². The lowest BCUT2D eigenvalue weighted by molar-refractivity contribution is 0.0789. The van der Waals surface area contributed by atoms with Crippen LogP contribution in [0, 0.1) is 11.3 Å². The Kier molecular flexibility index (Phi) is 3.92. The SMILES string of the molecule is N#Cc1cccc(C(=O)NC[C@H]2COc3ccccc3O2)c1. The lowest BCUT2D eigenvalue weighted by Gasteiger charge is -2.26. The summed E-state index contributed by atoms with van der Waals surface area (Å²) in [5.41, 5.74) is 0.912. The predicted octanol–water partition coefficient (Wildman–Crippen LogP) is 2.13. The normalized spacial score (nSPS) is 15.7. The van der Waals surface area contributed by atoms with Crippen LogP contribution in [-0.2, 0) is 0 Å². The number of hydrogen-bond donors (Lipinski definition) is 1. The molecule has 5 nitrogen and oxygen atoms in total. The minimum Gasteiger partial charge on any atom is -0.486 e. The van der Waals surface area contributed by atoms with E-state index in [1.807, 2.05) is 30.3 Å². The van der Waals surface area contributed by atoms with Crippen molar-refractivity contribution in [2.45, 2.75) is 6.10 Å².